The van der Waals surface area contributed by atoms with Crippen LogP contribution in [0.1, 0.15) is 80.6 Å². The topological polar surface area (TPSA) is 102 Å². The molecule has 9 heteroatoms. The Morgan fingerprint density at radius 3 is 2.38 bits per heavy atom. The van der Waals surface area contributed by atoms with Crippen molar-refractivity contribution in [2.45, 2.75) is 88.9 Å². The number of rotatable bonds is 8. The number of carbonyl (C=O) groups excluding carboxylic acids is 3. The average molecular weight is 535 g/mol. The lowest BCUT2D eigenvalue weighted by molar-refractivity contribution is -0.166. The van der Waals surface area contributed by atoms with Crippen LogP contribution in [-0.2, 0) is 16.1 Å². The summed E-state index contributed by atoms with van der Waals surface area (Å²) in [6, 6.07) is 6.77. The molecule has 8 nitrogen and oxygen atoms in total. The normalized spacial score (nSPS) is 23.3. The molecule has 1 aromatic carbocycles. The predicted octanol–water partition coefficient (Wildman–Crippen LogP) is 2.87. The molecule has 2 aliphatic heterocycles. The maximum absolute atomic E-state index is 13.7. The van der Waals surface area contributed by atoms with E-state index in [0.717, 1.165) is 50.6 Å². The number of hydrogen-bond acceptors (Lipinski definition) is 5. The quantitative estimate of drug-likeness (QED) is 0.476. The van der Waals surface area contributed by atoms with Gasteiger partial charge in [0.25, 0.3) is 5.91 Å². The van der Waals surface area contributed by atoms with E-state index in [-0.39, 0.29) is 36.0 Å². The summed E-state index contributed by atoms with van der Waals surface area (Å²) in [7, 11) is 1.62. The SMILES string of the molecule is CCCCN1C(=O)[C@@H]([C@H](O)C2CCCCC2)NC(=O)C12CCN(Cc1ccc(C(=O)NC)cc1)CC2.Cl. The van der Waals surface area contributed by atoms with Gasteiger partial charge in [0.2, 0.25) is 11.8 Å². The molecule has 3 fully saturated rings. The van der Waals surface area contributed by atoms with Gasteiger partial charge < -0.3 is 20.6 Å². The van der Waals surface area contributed by atoms with Gasteiger partial charge in [0.15, 0.2) is 0 Å². The van der Waals surface area contributed by atoms with Crippen molar-refractivity contribution in [1.29, 1.82) is 0 Å². The molecule has 1 spiro atoms. The van der Waals surface area contributed by atoms with Crippen molar-refractivity contribution in [3.63, 3.8) is 0 Å². The minimum Gasteiger partial charge on any atom is -0.390 e. The van der Waals surface area contributed by atoms with Gasteiger partial charge in [-0.05, 0) is 55.7 Å². The zero-order valence-electron chi connectivity index (χ0n) is 22.2. The zero-order valence-corrected chi connectivity index (χ0v) is 23.0. The van der Waals surface area contributed by atoms with Crippen molar-refractivity contribution in [2.24, 2.45) is 5.92 Å². The molecule has 2 saturated heterocycles. The molecule has 0 bridgehead atoms. The van der Waals surface area contributed by atoms with Gasteiger partial charge in [0, 0.05) is 38.8 Å². The summed E-state index contributed by atoms with van der Waals surface area (Å²) >= 11 is 0. The van der Waals surface area contributed by atoms with E-state index >= 15 is 0 Å². The molecule has 2 atom stereocenters. The number of unbranched alkanes of at least 4 members (excludes halogenated alkanes) is 1. The number of piperazine rings is 1. The van der Waals surface area contributed by atoms with Crippen molar-refractivity contribution in [1.82, 2.24) is 20.4 Å². The third-order valence-electron chi connectivity index (χ3n) is 8.50. The summed E-state index contributed by atoms with van der Waals surface area (Å²) in [5.74, 6) is -0.243. The van der Waals surface area contributed by atoms with E-state index in [1.54, 1.807) is 7.05 Å². The van der Waals surface area contributed by atoms with Crippen molar-refractivity contribution in [3.8, 4) is 0 Å². The first-order chi connectivity index (χ1) is 17.4. The first kappa shape index (κ1) is 29.4. The lowest BCUT2D eigenvalue weighted by Gasteiger charge is -2.52. The van der Waals surface area contributed by atoms with Crippen LogP contribution in [0.5, 0.6) is 0 Å². The van der Waals surface area contributed by atoms with Crippen molar-refractivity contribution in [3.05, 3.63) is 35.4 Å². The number of nitrogens with one attached hydrogen (secondary N) is 2. The number of nitrogens with zero attached hydrogens (tertiary/aromatic N) is 2. The fourth-order valence-electron chi connectivity index (χ4n) is 6.20. The van der Waals surface area contributed by atoms with E-state index in [1.807, 2.05) is 29.2 Å². The second-order valence-corrected chi connectivity index (χ2v) is 10.8. The molecule has 37 heavy (non-hydrogen) atoms. The number of hydrogen-bond donors (Lipinski definition) is 3. The minimum atomic E-state index is -0.839. The Morgan fingerprint density at radius 2 is 1.78 bits per heavy atom. The number of halogens is 1. The van der Waals surface area contributed by atoms with Crippen molar-refractivity contribution >= 4 is 30.1 Å². The largest absolute Gasteiger partial charge is 0.390 e. The highest BCUT2D eigenvalue weighted by molar-refractivity contribution is 6.00. The summed E-state index contributed by atoms with van der Waals surface area (Å²) < 4.78 is 0. The maximum Gasteiger partial charge on any atom is 0.251 e. The van der Waals surface area contributed by atoms with Gasteiger partial charge in [-0.1, -0.05) is 44.7 Å². The summed E-state index contributed by atoms with van der Waals surface area (Å²) in [5, 5.41) is 16.7. The van der Waals surface area contributed by atoms with Gasteiger partial charge in [-0.2, -0.15) is 0 Å². The van der Waals surface area contributed by atoms with Crippen LogP contribution in [0.15, 0.2) is 24.3 Å². The maximum atomic E-state index is 13.7. The van der Waals surface area contributed by atoms with Crippen LogP contribution in [0.4, 0.5) is 0 Å². The van der Waals surface area contributed by atoms with Crippen LogP contribution in [0.25, 0.3) is 0 Å². The van der Waals surface area contributed by atoms with E-state index in [4.69, 9.17) is 0 Å². The number of benzene rings is 1. The molecule has 206 valence electrons. The highest BCUT2D eigenvalue weighted by atomic mass is 35.5. The van der Waals surface area contributed by atoms with Gasteiger partial charge in [-0.15, -0.1) is 12.4 Å². The van der Waals surface area contributed by atoms with E-state index in [1.165, 1.54) is 6.42 Å². The molecule has 0 aromatic heterocycles. The highest BCUT2D eigenvalue weighted by Crippen LogP contribution is 2.36. The predicted molar refractivity (Wildman–Crippen MR) is 145 cm³/mol. The first-order valence-electron chi connectivity index (χ1n) is 13.7. The Hall–Kier alpha value is -2.16. The number of aliphatic hydroxyl groups is 1. The van der Waals surface area contributed by atoms with Crippen LogP contribution in [-0.4, -0.2) is 77.0 Å². The number of carbonyl (C=O) groups is 3. The third kappa shape index (κ3) is 6.29. The summed E-state index contributed by atoms with van der Waals surface area (Å²) in [4.78, 5) is 43.3. The average Bonchev–Trinajstić information content (AvgIpc) is 2.92. The van der Waals surface area contributed by atoms with Gasteiger partial charge in [0.05, 0.1) is 6.10 Å². The lowest BCUT2D eigenvalue weighted by Crippen LogP contribution is -2.75. The Balaban J connectivity index is 0.00000380. The molecular formula is C28H43ClN4O4. The Kier molecular flexibility index (Phi) is 10.4. The van der Waals surface area contributed by atoms with Crippen molar-refractivity contribution < 1.29 is 19.5 Å². The number of piperidine rings is 1. The van der Waals surface area contributed by atoms with E-state index in [0.29, 0.717) is 38.0 Å². The third-order valence-corrected chi connectivity index (χ3v) is 8.50. The molecule has 0 unspecified atom stereocenters. The highest BCUT2D eigenvalue weighted by Gasteiger charge is 2.55. The molecular weight excluding hydrogens is 492 g/mol. The Morgan fingerprint density at radius 1 is 1.14 bits per heavy atom. The molecule has 3 amide bonds. The first-order valence-corrected chi connectivity index (χ1v) is 13.7. The fourth-order valence-corrected chi connectivity index (χ4v) is 6.20. The Bertz CT molecular complexity index is 927. The van der Waals surface area contributed by atoms with Gasteiger partial charge in [0.1, 0.15) is 11.6 Å². The summed E-state index contributed by atoms with van der Waals surface area (Å²) in [6.45, 7) is 4.79. The monoisotopic (exact) mass is 534 g/mol. The second-order valence-electron chi connectivity index (χ2n) is 10.8. The van der Waals surface area contributed by atoms with Crippen LogP contribution >= 0.6 is 12.4 Å². The number of likely N-dealkylation sites (tertiary alicyclic amines) is 1. The van der Waals surface area contributed by atoms with E-state index in [9.17, 15) is 19.5 Å². The van der Waals surface area contributed by atoms with Gasteiger partial charge in [-0.3, -0.25) is 19.3 Å². The smallest absolute Gasteiger partial charge is 0.251 e. The molecule has 1 saturated carbocycles. The van der Waals surface area contributed by atoms with E-state index in [2.05, 4.69) is 22.5 Å². The summed E-state index contributed by atoms with van der Waals surface area (Å²) in [5.41, 5.74) is 0.906. The van der Waals surface area contributed by atoms with Crippen LogP contribution in [0.2, 0.25) is 0 Å². The molecule has 0 radical (unpaired) electrons. The molecule has 2 heterocycles. The van der Waals surface area contributed by atoms with Gasteiger partial charge in [-0.25, -0.2) is 0 Å². The molecule has 1 aliphatic carbocycles. The number of aliphatic hydroxyl groups excluding tert-OH is 1. The Labute approximate surface area is 226 Å². The van der Waals surface area contributed by atoms with Crippen LogP contribution in [0, 0.1) is 5.92 Å². The zero-order chi connectivity index (χ0) is 25.7. The van der Waals surface area contributed by atoms with Gasteiger partial charge >= 0.3 is 0 Å². The number of amides is 3. The lowest BCUT2D eigenvalue weighted by atomic mass is 9.78. The molecule has 1 aromatic rings. The molecule has 3 N–H and O–H groups in total. The fraction of sp³-hybridized carbons (Fsp3) is 0.679. The minimum absolute atomic E-state index is 0. The van der Waals surface area contributed by atoms with Crippen LogP contribution < -0.4 is 10.6 Å². The standard InChI is InChI=1S/C28H42N4O4.ClH/c1-3-4-16-32-26(35)23(24(33)21-8-6-5-7-9-21)30-27(36)28(32)14-17-31(18-15-28)19-20-10-12-22(13-11-20)25(34)29-2;/h10-13,21,23-24,33H,3-9,14-19H2,1-2H3,(H,29,34)(H,30,36);1H/t23-,24-;/m1./s1. The van der Waals surface area contributed by atoms with Crippen LogP contribution in [0.3, 0.4) is 0 Å². The van der Waals surface area contributed by atoms with Crippen molar-refractivity contribution in [2.75, 3.05) is 26.7 Å². The second kappa shape index (κ2) is 13.1. The molecule has 3 aliphatic rings. The summed E-state index contributed by atoms with van der Waals surface area (Å²) in [6.07, 6.45) is 7.28. The molecule has 4 rings (SSSR count). The van der Waals surface area contributed by atoms with E-state index < -0.39 is 17.7 Å².